The standard InChI is InChI=1S/C23H26FN3O2/c24-19-7-5-18(6-8-19)21-20-4-2-1-3-17(20)9-12-27(21)22(28)26-13-10-23(16-26)15-25-11-14-29-23/h1-8,21,25H,9-16H2/t21-,23-/m1/s1. The molecule has 0 aliphatic carbocycles. The summed E-state index contributed by atoms with van der Waals surface area (Å²) >= 11 is 0. The van der Waals surface area contributed by atoms with E-state index in [1.807, 2.05) is 21.9 Å². The second-order valence-corrected chi connectivity index (χ2v) is 8.26. The van der Waals surface area contributed by atoms with Gasteiger partial charge in [0, 0.05) is 26.2 Å². The van der Waals surface area contributed by atoms with Crippen molar-refractivity contribution in [3.05, 3.63) is 71.0 Å². The van der Waals surface area contributed by atoms with E-state index >= 15 is 0 Å². The van der Waals surface area contributed by atoms with Crippen LogP contribution in [-0.2, 0) is 11.2 Å². The van der Waals surface area contributed by atoms with Gasteiger partial charge in [0.2, 0.25) is 0 Å². The average molecular weight is 395 g/mol. The number of nitrogens with zero attached hydrogens (tertiary/aromatic N) is 2. The number of urea groups is 1. The third-order valence-electron chi connectivity index (χ3n) is 6.44. The number of hydrogen-bond acceptors (Lipinski definition) is 3. The highest BCUT2D eigenvalue weighted by Crippen LogP contribution is 2.37. The lowest BCUT2D eigenvalue weighted by molar-refractivity contribution is -0.0559. The number of amides is 2. The van der Waals surface area contributed by atoms with Crippen LogP contribution in [0.1, 0.15) is 29.2 Å². The molecule has 3 heterocycles. The Kier molecular flexibility index (Phi) is 4.76. The van der Waals surface area contributed by atoms with Crippen LogP contribution in [0.4, 0.5) is 9.18 Å². The van der Waals surface area contributed by atoms with Crippen LogP contribution in [0.3, 0.4) is 0 Å². The molecule has 5 nitrogen and oxygen atoms in total. The number of ether oxygens (including phenoxy) is 1. The summed E-state index contributed by atoms with van der Waals surface area (Å²) in [6.07, 6.45) is 1.69. The lowest BCUT2D eigenvalue weighted by Crippen LogP contribution is -2.53. The zero-order valence-corrected chi connectivity index (χ0v) is 16.4. The van der Waals surface area contributed by atoms with E-state index in [0.29, 0.717) is 26.2 Å². The van der Waals surface area contributed by atoms with Gasteiger partial charge in [0.1, 0.15) is 5.82 Å². The van der Waals surface area contributed by atoms with E-state index < -0.39 is 0 Å². The first-order chi connectivity index (χ1) is 14.2. The van der Waals surface area contributed by atoms with Gasteiger partial charge in [-0.05, 0) is 41.7 Å². The first-order valence-corrected chi connectivity index (χ1v) is 10.4. The molecule has 2 fully saturated rings. The molecule has 3 aliphatic rings. The summed E-state index contributed by atoms with van der Waals surface area (Å²) in [5, 5.41) is 3.40. The molecular weight excluding hydrogens is 369 g/mol. The molecule has 152 valence electrons. The topological polar surface area (TPSA) is 44.8 Å². The van der Waals surface area contributed by atoms with Crippen molar-refractivity contribution < 1.29 is 13.9 Å². The summed E-state index contributed by atoms with van der Waals surface area (Å²) in [5.41, 5.74) is 3.07. The number of halogens is 1. The van der Waals surface area contributed by atoms with Crippen LogP contribution in [0, 0.1) is 5.82 Å². The third-order valence-corrected chi connectivity index (χ3v) is 6.44. The Morgan fingerprint density at radius 3 is 2.76 bits per heavy atom. The van der Waals surface area contributed by atoms with E-state index in [0.717, 1.165) is 37.1 Å². The summed E-state index contributed by atoms with van der Waals surface area (Å²) in [7, 11) is 0. The number of fused-ring (bicyclic) bond motifs is 1. The molecule has 5 rings (SSSR count). The molecule has 2 aromatic carbocycles. The maximum absolute atomic E-state index is 13.6. The number of morpholine rings is 1. The van der Waals surface area contributed by atoms with Crippen LogP contribution in [0.25, 0.3) is 0 Å². The molecule has 0 radical (unpaired) electrons. The fourth-order valence-corrected chi connectivity index (χ4v) is 4.94. The minimum Gasteiger partial charge on any atom is -0.370 e. The summed E-state index contributed by atoms with van der Waals surface area (Å²) in [5.74, 6) is -0.265. The van der Waals surface area contributed by atoms with Gasteiger partial charge in [0.15, 0.2) is 0 Å². The number of carbonyl (C=O) groups is 1. The van der Waals surface area contributed by atoms with Crippen molar-refractivity contribution in [1.29, 1.82) is 0 Å². The molecule has 0 aromatic heterocycles. The summed E-state index contributed by atoms with van der Waals surface area (Å²) in [6, 6.07) is 14.6. The quantitative estimate of drug-likeness (QED) is 0.808. The Hall–Kier alpha value is -2.44. The Balaban J connectivity index is 1.45. The van der Waals surface area contributed by atoms with Gasteiger partial charge in [0.25, 0.3) is 0 Å². The van der Waals surface area contributed by atoms with Crippen molar-refractivity contribution in [3.8, 4) is 0 Å². The molecule has 2 atom stereocenters. The first kappa shape index (κ1) is 18.6. The van der Waals surface area contributed by atoms with Crippen molar-refractivity contribution >= 4 is 6.03 Å². The van der Waals surface area contributed by atoms with Gasteiger partial charge in [-0.1, -0.05) is 36.4 Å². The fraction of sp³-hybridized carbons (Fsp3) is 0.435. The average Bonchev–Trinajstić information content (AvgIpc) is 3.17. The van der Waals surface area contributed by atoms with Crippen LogP contribution < -0.4 is 5.32 Å². The van der Waals surface area contributed by atoms with Crippen molar-refractivity contribution in [1.82, 2.24) is 15.1 Å². The number of hydrogen-bond donors (Lipinski definition) is 1. The van der Waals surface area contributed by atoms with Crippen LogP contribution in [0.5, 0.6) is 0 Å². The van der Waals surface area contributed by atoms with Crippen molar-refractivity contribution in [2.24, 2.45) is 0 Å². The molecule has 1 spiro atoms. The predicted octanol–water partition coefficient (Wildman–Crippen LogP) is 2.96. The van der Waals surface area contributed by atoms with E-state index in [4.69, 9.17) is 4.74 Å². The summed E-state index contributed by atoms with van der Waals surface area (Å²) in [6.45, 7) is 4.33. The van der Waals surface area contributed by atoms with Gasteiger partial charge < -0.3 is 19.9 Å². The number of rotatable bonds is 1. The van der Waals surface area contributed by atoms with E-state index in [9.17, 15) is 9.18 Å². The number of nitrogens with one attached hydrogen (secondary N) is 1. The van der Waals surface area contributed by atoms with E-state index in [-0.39, 0.29) is 23.5 Å². The van der Waals surface area contributed by atoms with Gasteiger partial charge in [-0.25, -0.2) is 9.18 Å². The molecule has 0 bridgehead atoms. The van der Waals surface area contributed by atoms with Crippen molar-refractivity contribution in [2.75, 3.05) is 39.3 Å². The highest BCUT2D eigenvalue weighted by molar-refractivity contribution is 5.77. The van der Waals surface area contributed by atoms with Crippen LogP contribution in [-0.4, -0.2) is 60.8 Å². The predicted molar refractivity (Wildman–Crippen MR) is 108 cm³/mol. The second kappa shape index (κ2) is 7.43. The smallest absolute Gasteiger partial charge is 0.320 e. The molecule has 6 heteroatoms. The highest BCUT2D eigenvalue weighted by Gasteiger charge is 2.44. The molecular formula is C23H26FN3O2. The molecule has 2 saturated heterocycles. The van der Waals surface area contributed by atoms with Crippen LogP contribution in [0.2, 0.25) is 0 Å². The SMILES string of the molecule is O=C(N1CC[C@@]2(CNCCO2)C1)N1CCc2ccccc2[C@H]1c1ccc(F)cc1. The third kappa shape index (κ3) is 3.40. The van der Waals surface area contributed by atoms with Gasteiger partial charge in [-0.3, -0.25) is 0 Å². The highest BCUT2D eigenvalue weighted by atomic mass is 19.1. The molecule has 1 N–H and O–H groups in total. The van der Waals surface area contributed by atoms with E-state index in [1.165, 1.54) is 17.7 Å². The first-order valence-electron chi connectivity index (χ1n) is 10.4. The molecule has 0 saturated carbocycles. The molecule has 0 unspecified atom stereocenters. The molecule has 3 aliphatic heterocycles. The number of likely N-dealkylation sites (tertiary alicyclic amines) is 1. The van der Waals surface area contributed by atoms with E-state index in [2.05, 4.69) is 17.4 Å². The van der Waals surface area contributed by atoms with Crippen LogP contribution >= 0.6 is 0 Å². The van der Waals surface area contributed by atoms with Gasteiger partial charge in [-0.15, -0.1) is 0 Å². The Morgan fingerprint density at radius 1 is 1.14 bits per heavy atom. The van der Waals surface area contributed by atoms with Crippen LogP contribution in [0.15, 0.2) is 48.5 Å². The lowest BCUT2D eigenvalue weighted by Gasteiger charge is -2.40. The Bertz CT molecular complexity index is 895. The summed E-state index contributed by atoms with van der Waals surface area (Å²) in [4.78, 5) is 17.5. The lowest BCUT2D eigenvalue weighted by atomic mass is 9.88. The van der Waals surface area contributed by atoms with Gasteiger partial charge >= 0.3 is 6.03 Å². The fourth-order valence-electron chi connectivity index (χ4n) is 4.94. The molecule has 29 heavy (non-hydrogen) atoms. The summed E-state index contributed by atoms with van der Waals surface area (Å²) < 4.78 is 19.6. The normalized spacial score (nSPS) is 26.6. The minimum absolute atomic E-state index is 0.0416. The zero-order valence-electron chi connectivity index (χ0n) is 16.4. The number of carbonyl (C=O) groups excluding carboxylic acids is 1. The minimum atomic E-state index is -0.265. The monoisotopic (exact) mass is 395 g/mol. The Morgan fingerprint density at radius 2 is 1.97 bits per heavy atom. The number of benzene rings is 2. The zero-order chi connectivity index (χ0) is 19.8. The second-order valence-electron chi connectivity index (χ2n) is 8.26. The van der Waals surface area contributed by atoms with E-state index in [1.54, 1.807) is 12.1 Å². The van der Waals surface area contributed by atoms with Gasteiger partial charge in [-0.2, -0.15) is 0 Å². The molecule has 2 aromatic rings. The Labute approximate surface area is 170 Å². The van der Waals surface area contributed by atoms with Gasteiger partial charge in [0.05, 0.1) is 24.8 Å². The maximum Gasteiger partial charge on any atom is 0.320 e. The molecule has 2 amide bonds. The van der Waals surface area contributed by atoms with Crippen molar-refractivity contribution in [3.63, 3.8) is 0 Å². The van der Waals surface area contributed by atoms with Crippen molar-refractivity contribution in [2.45, 2.75) is 24.5 Å². The maximum atomic E-state index is 13.6. The largest absolute Gasteiger partial charge is 0.370 e.